The van der Waals surface area contributed by atoms with E-state index in [0.717, 1.165) is 6.54 Å². The Bertz CT molecular complexity index is 87.8. The van der Waals surface area contributed by atoms with Crippen molar-refractivity contribution >= 4 is 167 Å². The molecular formula is C12H31ClK3N. The van der Waals surface area contributed by atoms with E-state index in [1.54, 1.807) is 0 Å². The molecule has 0 aliphatic carbocycles. The van der Waals surface area contributed by atoms with Gasteiger partial charge in [-0.15, -0.1) is 12.4 Å². The van der Waals surface area contributed by atoms with Crippen molar-refractivity contribution in [2.75, 3.05) is 6.54 Å². The third-order valence-electron chi connectivity index (χ3n) is 2.56. The maximum atomic E-state index is 5.42. The van der Waals surface area contributed by atoms with Crippen LogP contribution >= 0.6 is 12.4 Å². The Hall–Kier alpha value is 5.16. The van der Waals surface area contributed by atoms with E-state index < -0.39 is 0 Å². The molecule has 0 spiro atoms. The van der Waals surface area contributed by atoms with Gasteiger partial charge in [-0.05, 0) is 13.0 Å². The van der Waals surface area contributed by atoms with Crippen LogP contribution in [0.3, 0.4) is 0 Å². The van der Waals surface area contributed by atoms with E-state index in [2.05, 4.69) is 6.92 Å². The van der Waals surface area contributed by atoms with Gasteiger partial charge in [-0.3, -0.25) is 0 Å². The Labute approximate surface area is 243 Å². The summed E-state index contributed by atoms with van der Waals surface area (Å²) < 4.78 is 0. The van der Waals surface area contributed by atoms with Crippen LogP contribution in [-0.2, 0) is 0 Å². The van der Waals surface area contributed by atoms with Crippen LogP contribution in [-0.4, -0.2) is 161 Å². The molecule has 0 fully saturated rings. The van der Waals surface area contributed by atoms with Crippen LogP contribution in [0.5, 0.6) is 0 Å². The molecule has 0 unspecified atom stereocenters. The molecular weight excluding hydrogens is 311 g/mol. The zero-order valence-electron chi connectivity index (χ0n) is 9.76. The van der Waals surface area contributed by atoms with Crippen molar-refractivity contribution in [3.05, 3.63) is 0 Å². The van der Waals surface area contributed by atoms with Crippen LogP contribution in [0, 0.1) is 0 Å². The summed E-state index contributed by atoms with van der Waals surface area (Å²) in [6.45, 7) is 3.14. The van der Waals surface area contributed by atoms with Gasteiger partial charge in [0.2, 0.25) is 0 Å². The minimum absolute atomic E-state index is 0. The average Bonchev–Trinajstić information content (AvgIpc) is 2.16. The first kappa shape index (κ1) is 33.7. The van der Waals surface area contributed by atoms with E-state index in [-0.39, 0.29) is 167 Å². The van der Waals surface area contributed by atoms with Gasteiger partial charge >= 0.3 is 154 Å². The molecule has 0 amide bonds. The summed E-state index contributed by atoms with van der Waals surface area (Å²) in [4.78, 5) is 0. The second-order valence-corrected chi connectivity index (χ2v) is 3.97. The molecule has 0 rings (SSSR count). The van der Waals surface area contributed by atoms with Gasteiger partial charge in [0.15, 0.2) is 0 Å². The predicted octanol–water partition coefficient (Wildman–Crippen LogP) is 2.34. The normalized spacial score (nSPS) is 8.12. The van der Waals surface area contributed by atoms with Crippen molar-refractivity contribution in [1.29, 1.82) is 0 Å². The van der Waals surface area contributed by atoms with E-state index in [4.69, 9.17) is 5.73 Å². The Morgan fingerprint density at radius 3 is 1.18 bits per heavy atom. The fraction of sp³-hybridized carbons (Fsp3) is 1.00. The van der Waals surface area contributed by atoms with Crippen LogP contribution in [0.25, 0.3) is 0 Å². The van der Waals surface area contributed by atoms with Crippen molar-refractivity contribution in [3.8, 4) is 0 Å². The first-order valence-corrected chi connectivity index (χ1v) is 6.12. The van der Waals surface area contributed by atoms with E-state index >= 15 is 0 Å². The molecule has 17 heavy (non-hydrogen) atoms. The minimum atomic E-state index is 0. The van der Waals surface area contributed by atoms with Crippen LogP contribution in [0.2, 0.25) is 0 Å². The van der Waals surface area contributed by atoms with E-state index in [1.165, 1.54) is 64.2 Å². The molecule has 0 aliphatic rings. The van der Waals surface area contributed by atoms with Crippen LogP contribution in [0.1, 0.15) is 71.1 Å². The Morgan fingerprint density at radius 2 is 0.882 bits per heavy atom. The van der Waals surface area contributed by atoms with Gasteiger partial charge in [0, 0.05) is 0 Å². The molecule has 0 saturated carbocycles. The molecule has 0 atom stereocenters. The molecule has 0 aromatic carbocycles. The third-order valence-corrected chi connectivity index (χ3v) is 2.56. The number of unbranched alkanes of at least 4 members (excludes halogenated alkanes) is 9. The first-order valence-electron chi connectivity index (χ1n) is 6.12. The Kier molecular flexibility index (Phi) is 65.3. The van der Waals surface area contributed by atoms with Crippen LogP contribution < -0.4 is 5.73 Å². The van der Waals surface area contributed by atoms with Crippen LogP contribution in [0.15, 0.2) is 0 Å². The monoisotopic (exact) mass is 341 g/mol. The SMILES string of the molecule is CCCCCCCCCCCCN.Cl.[KH].[KH].[KH]. The first-order chi connectivity index (χ1) is 6.41. The molecule has 94 valence electrons. The Morgan fingerprint density at radius 1 is 0.588 bits per heavy atom. The summed E-state index contributed by atoms with van der Waals surface area (Å²) in [5.74, 6) is 0. The molecule has 5 heteroatoms. The Balaban J connectivity index is -0.000000120. The standard InChI is InChI=1S/C12H27N.ClH.3K.3H/c1-2-3-4-5-6-7-8-9-10-11-12-13;;;;;;;/h2-13H2,1H3;1H;;;;;;. The van der Waals surface area contributed by atoms with Crippen molar-refractivity contribution in [1.82, 2.24) is 0 Å². The number of hydrogen-bond donors (Lipinski definition) is 1. The van der Waals surface area contributed by atoms with Gasteiger partial charge < -0.3 is 5.73 Å². The van der Waals surface area contributed by atoms with E-state index in [9.17, 15) is 0 Å². The number of nitrogens with two attached hydrogens (primary N) is 1. The van der Waals surface area contributed by atoms with Crippen molar-refractivity contribution in [3.63, 3.8) is 0 Å². The third kappa shape index (κ3) is 33.8. The molecule has 0 bridgehead atoms. The second-order valence-electron chi connectivity index (χ2n) is 3.97. The fourth-order valence-corrected chi connectivity index (χ4v) is 1.63. The van der Waals surface area contributed by atoms with Gasteiger partial charge in [-0.25, -0.2) is 0 Å². The average molecular weight is 342 g/mol. The zero-order valence-corrected chi connectivity index (χ0v) is 10.6. The summed E-state index contributed by atoms with van der Waals surface area (Å²) in [5, 5.41) is 0. The zero-order chi connectivity index (χ0) is 9.78. The summed E-state index contributed by atoms with van der Waals surface area (Å²) in [6, 6.07) is 0. The number of halogens is 1. The molecule has 0 radical (unpaired) electrons. The molecule has 0 aromatic rings. The predicted molar refractivity (Wildman–Crippen MR) is 89.6 cm³/mol. The molecule has 0 saturated heterocycles. The van der Waals surface area contributed by atoms with Gasteiger partial charge in [0.05, 0.1) is 0 Å². The summed E-state index contributed by atoms with van der Waals surface area (Å²) in [7, 11) is 0. The fourth-order valence-electron chi connectivity index (χ4n) is 1.63. The van der Waals surface area contributed by atoms with Crippen molar-refractivity contribution in [2.45, 2.75) is 71.1 Å². The van der Waals surface area contributed by atoms with Gasteiger partial charge in [0.1, 0.15) is 0 Å². The van der Waals surface area contributed by atoms with Crippen LogP contribution in [0.4, 0.5) is 0 Å². The molecule has 1 nitrogen and oxygen atoms in total. The second kappa shape index (κ2) is 32.9. The number of rotatable bonds is 10. The van der Waals surface area contributed by atoms with E-state index in [0.29, 0.717) is 0 Å². The van der Waals surface area contributed by atoms with Crippen molar-refractivity contribution < 1.29 is 0 Å². The molecule has 2 N–H and O–H groups in total. The molecule has 0 aliphatic heterocycles. The van der Waals surface area contributed by atoms with E-state index in [1.807, 2.05) is 0 Å². The maximum absolute atomic E-state index is 5.42. The van der Waals surface area contributed by atoms with Gasteiger partial charge in [0.25, 0.3) is 0 Å². The summed E-state index contributed by atoms with van der Waals surface area (Å²) in [5.41, 5.74) is 5.42. The number of hydrogen-bond acceptors (Lipinski definition) is 1. The quantitative estimate of drug-likeness (QED) is 0.479. The van der Waals surface area contributed by atoms with Gasteiger partial charge in [-0.2, -0.15) is 0 Å². The topological polar surface area (TPSA) is 26.0 Å². The molecule has 0 aromatic heterocycles. The van der Waals surface area contributed by atoms with Gasteiger partial charge in [-0.1, -0.05) is 64.7 Å². The summed E-state index contributed by atoms with van der Waals surface area (Å²) >= 11 is 0. The summed E-state index contributed by atoms with van der Waals surface area (Å²) in [6.07, 6.45) is 13.9. The van der Waals surface area contributed by atoms with Crippen molar-refractivity contribution in [2.24, 2.45) is 5.73 Å². The molecule has 0 heterocycles.